The number of rotatable bonds is 7. The maximum Gasteiger partial charge on any atom is 0.201 e. The summed E-state index contributed by atoms with van der Waals surface area (Å²) >= 11 is 0. The predicted molar refractivity (Wildman–Crippen MR) is 235 cm³/mol. The highest BCUT2D eigenvalue weighted by Gasteiger charge is 2.20. The van der Waals surface area contributed by atoms with Gasteiger partial charge in [-0.1, -0.05) is 133 Å². The number of hydrogen-bond donors (Lipinski definition) is 1. The highest BCUT2D eigenvalue weighted by molar-refractivity contribution is 6.08. The zero-order valence-corrected chi connectivity index (χ0v) is 30.9. The number of pyridine rings is 1. The van der Waals surface area contributed by atoms with Crippen molar-refractivity contribution in [1.82, 2.24) is 4.98 Å². The Morgan fingerprint density at radius 3 is 1.84 bits per heavy atom. The first-order chi connectivity index (χ1) is 28.2. The molecule has 0 atom stereocenters. The van der Waals surface area contributed by atoms with Crippen LogP contribution in [0.1, 0.15) is 5.56 Å². The van der Waals surface area contributed by atoms with E-state index in [4.69, 9.17) is 13.8 Å². The summed E-state index contributed by atoms with van der Waals surface area (Å²) in [7, 11) is 0. The molecule has 0 amide bonds. The van der Waals surface area contributed by atoms with Gasteiger partial charge in [0, 0.05) is 62.7 Å². The molecule has 57 heavy (non-hydrogen) atoms. The number of nitrogens with zero attached hydrogens (tertiary/aromatic N) is 2. The fraction of sp³-hybridized carbons (Fsp3) is 0.0192. The van der Waals surface area contributed by atoms with Crippen LogP contribution >= 0.6 is 0 Å². The molecule has 270 valence electrons. The fourth-order valence-electron chi connectivity index (χ4n) is 8.19. The zero-order valence-electron chi connectivity index (χ0n) is 30.9. The Labute approximate surface area is 329 Å². The van der Waals surface area contributed by atoms with E-state index in [1.54, 1.807) is 0 Å². The van der Waals surface area contributed by atoms with Gasteiger partial charge in [0.25, 0.3) is 0 Å². The number of aromatic nitrogens is 1. The molecule has 0 fully saturated rings. The maximum atomic E-state index is 6.41. The summed E-state index contributed by atoms with van der Waals surface area (Å²) in [5.74, 6) is 0.825. The van der Waals surface area contributed by atoms with Crippen molar-refractivity contribution < 1.29 is 8.83 Å². The average molecular weight is 734 g/mol. The van der Waals surface area contributed by atoms with Gasteiger partial charge in [0.05, 0.1) is 0 Å². The first kappa shape index (κ1) is 32.8. The molecule has 1 aliphatic heterocycles. The molecule has 5 nitrogen and oxygen atoms in total. The van der Waals surface area contributed by atoms with Gasteiger partial charge in [0.1, 0.15) is 16.9 Å². The van der Waals surface area contributed by atoms with E-state index in [-0.39, 0.29) is 0 Å². The Hall–Kier alpha value is -7.63. The second kappa shape index (κ2) is 13.6. The van der Waals surface area contributed by atoms with Crippen LogP contribution in [-0.4, -0.2) is 11.5 Å². The molecule has 3 aromatic heterocycles. The molecule has 0 saturated carbocycles. The van der Waals surface area contributed by atoms with E-state index < -0.39 is 0 Å². The van der Waals surface area contributed by atoms with Crippen molar-refractivity contribution >= 4 is 61.9 Å². The van der Waals surface area contributed by atoms with Crippen molar-refractivity contribution in [3.05, 3.63) is 194 Å². The van der Waals surface area contributed by atoms with E-state index in [1.165, 1.54) is 0 Å². The summed E-state index contributed by atoms with van der Waals surface area (Å²) in [6.07, 6.45) is 6.15. The molecule has 0 unspecified atom stereocenters. The smallest absolute Gasteiger partial charge is 0.201 e. The average Bonchev–Trinajstić information content (AvgIpc) is 3.87. The van der Waals surface area contributed by atoms with Crippen molar-refractivity contribution in [3.8, 4) is 44.6 Å². The number of fused-ring (bicyclic) bond motifs is 6. The number of anilines is 4. The van der Waals surface area contributed by atoms with Gasteiger partial charge in [-0.15, -0.1) is 0 Å². The van der Waals surface area contributed by atoms with Crippen LogP contribution in [-0.2, 0) is 0 Å². The number of hydrogen-bond acceptors (Lipinski definition) is 5. The summed E-state index contributed by atoms with van der Waals surface area (Å²) in [6.45, 7) is 0.761. The van der Waals surface area contributed by atoms with E-state index >= 15 is 0 Å². The van der Waals surface area contributed by atoms with Crippen LogP contribution < -0.4 is 10.2 Å². The Bertz CT molecular complexity index is 3050. The van der Waals surface area contributed by atoms with Gasteiger partial charge in [-0.3, -0.25) is 4.98 Å². The van der Waals surface area contributed by atoms with E-state index in [9.17, 15) is 0 Å². The number of nitrogens with one attached hydrogen (secondary N) is 1. The molecule has 10 aromatic rings. The van der Waals surface area contributed by atoms with E-state index in [0.717, 1.165) is 113 Å². The van der Waals surface area contributed by atoms with Gasteiger partial charge in [-0.25, -0.2) is 0 Å². The first-order valence-electron chi connectivity index (χ1n) is 19.2. The van der Waals surface area contributed by atoms with E-state index in [2.05, 4.69) is 174 Å². The highest BCUT2D eigenvalue weighted by Crippen LogP contribution is 2.43. The Morgan fingerprint density at radius 1 is 0.474 bits per heavy atom. The van der Waals surface area contributed by atoms with Crippen LogP contribution in [0.2, 0.25) is 0 Å². The van der Waals surface area contributed by atoms with Crippen molar-refractivity contribution in [3.63, 3.8) is 0 Å². The lowest BCUT2D eigenvalue weighted by atomic mass is 9.97. The molecule has 0 aliphatic carbocycles. The molecule has 0 radical (unpaired) electrons. The summed E-state index contributed by atoms with van der Waals surface area (Å²) in [4.78, 5) is 7.15. The van der Waals surface area contributed by atoms with E-state index in [1.807, 2.05) is 30.5 Å². The lowest BCUT2D eigenvalue weighted by Crippen LogP contribution is -2.10. The molecule has 1 aliphatic rings. The molecule has 5 heteroatoms. The maximum absolute atomic E-state index is 6.41. The molecule has 0 saturated heterocycles. The summed E-state index contributed by atoms with van der Waals surface area (Å²) in [6, 6.07) is 62.1. The first-order valence-corrected chi connectivity index (χ1v) is 19.2. The standard InChI is InChI=1S/C52H35N3O2/c1-3-11-34(12-4-1)38-31-39(35-13-5-2-6-14-35)33-42(32-38)55(40-24-20-36(21-25-40)43-16-9-17-45-47-18-10-29-54-52(47)57-50(43)45)41-26-22-37(23-27-41)49-51-46(28-30-53-49)44-15-7-8-19-48(44)56-51/h1-28,30-33,54H,29H2. The second-order valence-corrected chi connectivity index (χ2v) is 14.4. The van der Waals surface area contributed by atoms with Crippen LogP contribution in [0.5, 0.6) is 0 Å². The van der Waals surface area contributed by atoms with Crippen LogP contribution in [0.15, 0.2) is 197 Å². The molecule has 4 heterocycles. The molecule has 7 aromatic carbocycles. The third-order valence-corrected chi connectivity index (χ3v) is 10.9. The third-order valence-electron chi connectivity index (χ3n) is 10.9. The van der Waals surface area contributed by atoms with Crippen LogP contribution in [0.3, 0.4) is 0 Å². The van der Waals surface area contributed by atoms with E-state index in [0.29, 0.717) is 0 Å². The molecule has 0 spiro atoms. The van der Waals surface area contributed by atoms with Gasteiger partial charge in [0.2, 0.25) is 5.88 Å². The lowest BCUT2D eigenvalue weighted by molar-refractivity contribution is 0.629. The largest absolute Gasteiger partial charge is 0.454 e. The Balaban J connectivity index is 1.06. The minimum atomic E-state index is 0.761. The summed E-state index contributed by atoms with van der Waals surface area (Å²) < 4.78 is 12.8. The van der Waals surface area contributed by atoms with Crippen molar-refractivity contribution in [2.75, 3.05) is 16.8 Å². The normalized spacial score (nSPS) is 12.2. The van der Waals surface area contributed by atoms with Crippen LogP contribution in [0.25, 0.3) is 83.6 Å². The molecular weight excluding hydrogens is 699 g/mol. The third kappa shape index (κ3) is 5.76. The molecule has 0 bridgehead atoms. The van der Waals surface area contributed by atoms with Gasteiger partial charge >= 0.3 is 0 Å². The molecular formula is C52H35N3O2. The number of benzene rings is 7. The minimum absolute atomic E-state index is 0.761. The minimum Gasteiger partial charge on any atom is -0.454 e. The summed E-state index contributed by atoms with van der Waals surface area (Å²) in [5, 5.41) is 6.64. The molecule has 11 rings (SSSR count). The fourth-order valence-corrected chi connectivity index (χ4v) is 8.19. The van der Waals surface area contributed by atoms with Crippen LogP contribution in [0.4, 0.5) is 22.9 Å². The van der Waals surface area contributed by atoms with Crippen molar-refractivity contribution in [2.45, 2.75) is 0 Å². The van der Waals surface area contributed by atoms with Gasteiger partial charge in [-0.05, 0) is 82.4 Å². The van der Waals surface area contributed by atoms with Crippen LogP contribution in [0, 0.1) is 0 Å². The monoisotopic (exact) mass is 733 g/mol. The predicted octanol–water partition coefficient (Wildman–Crippen LogP) is 14.3. The molecule has 1 N–H and O–H groups in total. The second-order valence-electron chi connectivity index (χ2n) is 14.4. The van der Waals surface area contributed by atoms with Crippen molar-refractivity contribution in [1.29, 1.82) is 0 Å². The summed E-state index contributed by atoms with van der Waals surface area (Å²) in [5.41, 5.74) is 15.3. The van der Waals surface area contributed by atoms with Gasteiger partial charge in [0.15, 0.2) is 5.58 Å². The number of furan rings is 2. The number of para-hydroxylation sites is 2. The van der Waals surface area contributed by atoms with Gasteiger partial charge in [-0.2, -0.15) is 0 Å². The van der Waals surface area contributed by atoms with Gasteiger partial charge < -0.3 is 19.1 Å². The SMILES string of the molecule is C1=Cc2c(oc3c(-c4ccc(N(c5ccc(-c6nccc7c6oc6ccccc67)cc5)c5cc(-c6ccccc6)cc(-c6ccccc6)c5)cc4)cccc23)NC1. The Morgan fingerprint density at radius 2 is 1.12 bits per heavy atom. The zero-order chi connectivity index (χ0) is 37.7. The topological polar surface area (TPSA) is 54.4 Å². The Kier molecular flexibility index (Phi) is 7.81. The van der Waals surface area contributed by atoms with Crippen molar-refractivity contribution in [2.24, 2.45) is 0 Å². The quantitative estimate of drug-likeness (QED) is 0.177. The lowest BCUT2D eigenvalue weighted by Gasteiger charge is -2.27. The highest BCUT2D eigenvalue weighted by atomic mass is 16.4.